The zero-order valence-electron chi connectivity index (χ0n) is 7.64. The molecule has 13 heavy (non-hydrogen) atoms. The predicted molar refractivity (Wildman–Crippen MR) is 46.7 cm³/mol. The summed E-state index contributed by atoms with van der Waals surface area (Å²) >= 11 is 0. The first-order chi connectivity index (χ1) is 6.12. The molecule has 5 nitrogen and oxygen atoms in total. The smallest absolute Gasteiger partial charge is 0.170 e. The molecule has 1 saturated carbocycles. The highest BCUT2D eigenvalue weighted by atomic mass is 16.3. The molecule has 1 heterocycles. The van der Waals surface area contributed by atoms with Crippen LogP contribution in [0.15, 0.2) is 6.33 Å². The van der Waals surface area contributed by atoms with Crippen molar-refractivity contribution in [3.8, 4) is 0 Å². The van der Waals surface area contributed by atoms with Gasteiger partial charge in [-0.25, -0.2) is 4.98 Å². The molecule has 2 rings (SSSR count). The number of nitrogens with zero attached hydrogens (tertiary/aromatic N) is 3. The molecular formula is C8H14N4O. The maximum atomic E-state index is 9.93. The summed E-state index contributed by atoms with van der Waals surface area (Å²) in [6, 6.07) is -0.442. The lowest BCUT2D eigenvalue weighted by Crippen LogP contribution is -2.47. The van der Waals surface area contributed by atoms with E-state index in [0.29, 0.717) is 5.82 Å². The van der Waals surface area contributed by atoms with Gasteiger partial charge in [-0.1, -0.05) is 0 Å². The van der Waals surface area contributed by atoms with Gasteiger partial charge in [0.05, 0.1) is 11.6 Å². The summed E-state index contributed by atoms with van der Waals surface area (Å²) in [6.45, 7) is 0. The van der Waals surface area contributed by atoms with Gasteiger partial charge in [0.1, 0.15) is 6.33 Å². The summed E-state index contributed by atoms with van der Waals surface area (Å²) in [4.78, 5) is 4.03. The van der Waals surface area contributed by atoms with Gasteiger partial charge < -0.3 is 10.8 Å². The molecule has 1 fully saturated rings. The molecule has 0 radical (unpaired) electrons. The highest BCUT2D eigenvalue weighted by Gasteiger charge is 2.42. The van der Waals surface area contributed by atoms with Crippen molar-refractivity contribution < 1.29 is 5.11 Å². The summed E-state index contributed by atoms with van der Waals surface area (Å²) < 4.78 is 1.59. The van der Waals surface area contributed by atoms with Gasteiger partial charge in [-0.05, 0) is 19.3 Å². The van der Waals surface area contributed by atoms with Crippen LogP contribution in [-0.4, -0.2) is 25.5 Å². The van der Waals surface area contributed by atoms with Crippen molar-refractivity contribution in [3.05, 3.63) is 12.2 Å². The molecule has 0 spiro atoms. The number of hydrogen-bond acceptors (Lipinski definition) is 4. The third-order valence-electron chi connectivity index (χ3n) is 2.69. The highest BCUT2D eigenvalue weighted by Crippen LogP contribution is 2.39. The summed E-state index contributed by atoms with van der Waals surface area (Å²) in [5.74, 6) is 0.532. The lowest BCUT2D eigenvalue weighted by Gasteiger charge is -2.40. The van der Waals surface area contributed by atoms with Crippen LogP contribution in [0, 0.1) is 0 Å². The zero-order valence-corrected chi connectivity index (χ0v) is 7.64. The van der Waals surface area contributed by atoms with Gasteiger partial charge >= 0.3 is 0 Å². The maximum Gasteiger partial charge on any atom is 0.170 e. The fourth-order valence-electron chi connectivity index (χ4n) is 1.59. The van der Waals surface area contributed by atoms with Crippen LogP contribution in [0.4, 0.5) is 0 Å². The molecule has 1 aliphatic carbocycles. The number of aryl methyl sites for hydroxylation is 1. The molecule has 5 heteroatoms. The van der Waals surface area contributed by atoms with E-state index in [0.717, 1.165) is 19.3 Å². The van der Waals surface area contributed by atoms with E-state index in [9.17, 15) is 5.11 Å². The fraction of sp³-hybridized carbons (Fsp3) is 0.750. The number of rotatable bonds is 2. The Kier molecular flexibility index (Phi) is 1.85. The molecule has 0 saturated heterocycles. The predicted octanol–water partition coefficient (Wildman–Crippen LogP) is -0.270. The van der Waals surface area contributed by atoms with Crippen molar-refractivity contribution in [3.63, 3.8) is 0 Å². The minimum absolute atomic E-state index is 0.442. The van der Waals surface area contributed by atoms with Crippen LogP contribution in [0.1, 0.15) is 31.1 Å². The number of nitrogens with two attached hydrogens (primary N) is 1. The van der Waals surface area contributed by atoms with Crippen LogP contribution in [0.2, 0.25) is 0 Å². The molecule has 0 bridgehead atoms. The Morgan fingerprint density at radius 2 is 2.38 bits per heavy atom. The summed E-state index contributed by atoms with van der Waals surface area (Å²) in [5.41, 5.74) is 5.10. The first-order valence-corrected chi connectivity index (χ1v) is 4.45. The molecule has 0 aromatic carbocycles. The second kappa shape index (κ2) is 2.78. The zero-order chi connectivity index (χ0) is 9.47. The van der Waals surface area contributed by atoms with Gasteiger partial charge in [-0.15, -0.1) is 0 Å². The summed E-state index contributed by atoms with van der Waals surface area (Å²) in [5, 5.41) is 14.0. The Labute approximate surface area is 76.6 Å². The first kappa shape index (κ1) is 8.65. The number of hydrogen-bond donors (Lipinski definition) is 2. The lowest BCUT2D eigenvalue weighted by atomic mass is 9.75. The van der Waals surface area contributed by atoms with Crippen LogP contribution in [0.3, 0.4) is 0 Å². The monoisotopic (exact) mass is 182 g/mol. The van der Waals surface area contributed by atoms with Crippen LogP contribution >= 0.6 is 0 Å². The molecule has 3 N–H and O–H groups in total. The van der Waals surface area contributed by atoms with Gasteiger partial charge in [0, 0.05) is 7.05 Å². The van der Waals surface area contributed by atoms with Crippen molar-refractivity contribution in [1.29, 1.82) is 0 Å². The average molecular weight is 182 g/mol. The molecule has 0 aliphatic heterocycles. The summed E-state index contributed by atoms with van der Waals surface area (Å²) in [7, 11) is 1.79. The van der Waals surface area contributed by atoms with Crippen molar-refractivity contribution in [2.45, 2.75) is 30.9 Å². The van der Waals surface area contributed by atoms with Crippen molar-refractivity contribution in [2.75, 3.05) is 0 Å². The van der Waals surface area contributed by atoms with Crippen LogP contribution in [0.5, 0.6) is 0 Å². The van der Waals surface area contributed by atoms with E-state index in [-0.39, 0.29) is 0 Å². The van der Waals surface area contributed by atoms with E-state index in [4.69, 9.17) is 5.73 Å². The van der Waals surface area contributed by atoms with E-state index < -0.39 is 11.6 Å². The fourth-order valence-corrected chi connectivity index (χ4v) is 1.59. The van der Waals surface area contributed by atoms with Gasteiger partial charge in [0.25, 0.3) is 0 Å². The third kappa shape index (κ3) is 1.34. The summed E-state index contributed by atoms with van der Waals surface area (Å²) in [6.07, 6.45) is 4.15. The number of aromatic nitrogens is 3. The van der Waals surface area contributed by atoms with Crippen molar-refractivity contribution in [1.82, 2.24) is 14.8 Å². The van der Waals surface area contributed by atoms with Gasteiger partial charge in [-0.3, -0.25) is 4.68 Å². The Morgan fingerprint density at radius 1 is 1.69 bits per heavy atom. The highest BCUT2D eigenvalue weighted by molar-refractivity contribution is 5.05. The van der Waals surface area contributed by atoms with E-state index >= 15 is 0 Å². The largest absolute Gasteiger partial charge is 0.388 e. The molecule has 0 amide bonds. The molecule has 72 valence electrons. The van der Waals surface area contributed by atoms with Crippen LogP contribution < -0.4 is 5.73 Å². The maximum absolute atomic E-state index is 9.93. The van der Waals surface area contributed by atoms with Crippen molar-refractivity contribution >= 4 is 0 Å². The van der Waals surface area contributed by atoms with E-state index in [1.54, 1.807) is 18.1 Å². The lowest BCUT2D eigenvalue weighted by molar-refractivity contribution is -0.0580. The average Bonchev–Trinajstić information content (AvgIpc) is 2.46. The van der Waals surface area contributed by atoms with E-state index in [1.807, 2.05) is 0 Å². The van der Waals surface area contributed by atoms with E-state index in [1.165, 1.54) is 0 Å². The SMILES string of the molecule is Cn1cnc(C(N)C2(O)CCC2)n1. The number of aliphatic hydroxyl groups is 1. The topological polar surface area (TPSA) is 77.0 Å². The molecule has 1 unspecified atom stereocenters. The Hall–Kier alpha value is -0.940. The second-order valence-corrected chi connectivity index (χ2v) is 3.71. The Morgan fingerprint density at radius 3 is 2.77 bits per heavy atom. The Balaban J connectivity index is 2.17. The van der Waals surface area contributed by atoms with Crippen LogP contribution in [-0.2, 0) is 7.05 Å². The standard InChI is InChI=1S/C8H14N4O/c1-12-5-10-7(11-12)6(9)8(13)3-2-4-8/h5-6,13H,2-4,9H2,1H3. The van der Waals surface area contributed by atoms with Gasteiger partial charge in [0.2, 0.25) is 0 Å². The van der Waals surface area contributed by atoms with Crippen LogP contribution in [0.25, 0.3) is 0 Å². The normalized spacial score (nSPS) is 22.4. The molecule has 1 aliphatic rings. The molecule has 1 atom stereocenters. The quantitative estimate of drug-likeness (QED) is 0.660. The third-order valence-corrected chi connectivity index (χ3v) is 2.69. The van der Waals surface area contributed by atoms with Gasteiger partial charge in [-0.2, -0.15) is 5.10 Å². The first-order valence-electron chi connectivity index (χ1n) is 4.45. The second-order valence-electron chi connectivity index (χ2n) is 3.71. The van der Waals surface area contributed by atoms with Crippen molar-refractivity contribution in [2.24, 2.45) is 12.8 Å². The van der Waals surface area contributed by atoms with E-state index in [2.05, 4.69) is 10.1 Å². The Bertz CT molecular complexity index is 305. The minimum Gasteiger partial charge on any atom is -0.388 e. The molecular weight excluding hydrogens is 168 g/mol. The minimum atomic E-state index is -0.763. The molecule has 1 aromatic heterocycles. The molecule has 1 aromatic rings. The van der Waals surface area contributed by atoms with Gasteiger partial charge in [0.15, 0.2) is 5.82 Å².